The number of fused-ring (bicyclic) bond motifs is 4. The molecule has 2 aromatic heterocycles. The summed E-state index contributed by atoms with van der Waals surface area (Å²) in [5, 5.41) is 7.25. The first-order valence-electron chi connectivity index (χ1n) is 10.8. The van der Waals surface area contributed by atoms with Crippen molar-refractivity contribution in [1.29, 1.82) is 0 Å². The molecule has 0 radical (unpaired) electrons. The Balaban J connectivity index is 1.62. The molecule has 0 saturated heterocycles. The molecule has 0 spiro atoms. The second-order valence-electron chi connectivity index (χ2n) is 8.12. The maximum atomic E-state index is 13.7. The molecular weight excluding hydrogens is 412 g/mol. The number of aryl methyl sites for hydroxylation is 1. The van der Waals surface area contributed by atoms with Crippen molar-refractivity contribution in [2.45, 2.75) is 13.5 Å². The molecule has 4 aromatic carbocycles. The van der Waals surface area contributed by atoms with E-state index in [0.717, 1.165) is 21.9 Å². The van der Waals surface area contributed by atoms with Crippen molar-refractivity contribution in [2.24, 2.45) is 0 Å². The van der Waals surface area contributed by atoms with Crippen molar-refractivity contribution in [3.05, 3.63) is 112 Å². The quantitative estimate of drug-likeness (QED) is 0.353. The average Bonchev–Trinajstić information content (AvgIpc) is 3.25. The van der Waals surface area contributed by atoms with Gasteiger partial charge in [-0.2, -0.15) is 9.50 Å². The third kappa shape index (κ3) is 3.42. The summed E-state index contributed by atoms with van der Waals surface area (Å²) in [5.41, 5.74) is 2.75. The first kappa shape index (κ1) is 19.3. The zero-order valence-electron chi connectivity index (χ0n) is 18.0. The van der Waals surface area contributed by atoms with Crippen LogP contribution in [0.25, 0.3) is 27.5 Å². The van der Waals surface area contributed by atoms with Gasteiger partial charge in [-0.1, -0.05) is 72.3 Å². The highest BCUT2D eigenvalue weighted by Crippen LogP contribution is 2.24. The molecule has 0 saturated carbocycles. The summed E-state index contributed by atoms with van der Waals surface area (Å²) in [6, 6.07) is 29.6. The van der Waals surface area contributed by atoms with Crippen LogP contribution in [0.3, 0.4) is 0 Å². The maximum absolute atomic E-state index is 13.7. The van der Waals surface area contributed by atoms with Gasteiger partial charge in [-0.3, -0.25) is 9.36 Å². The predicted molar refractivity (Wildman–Crippen MR) is 129 cm³/mol. The number of hydrogen-bond acceptors (Lipinski definition) is 4. The van der Waals surface area contributed by atoms with E-state index in [4.69, 9.17) is 4.74 Å². The van der Waals surface area contributed by atoms with E-state index in [1.807, 2.05) is 91.9 Å². The Morgan fingerprint density at radius 2 is 1.61 bits per heavy atom. The lowest BCUT2D eigenvalue weighted by Gasteiger charge is -2.11. The second kappa shape index (κ2) is 7.60. The second-order valence-corrected chi connectivity index (χ2v) is 8.12. The van der Waals surface area contributed by atoms with Crippen molar-refractivity contribution < 1.29 is 4.74 Å². The summed E-state index contributed by atoms with van der Waals surface area (Å²) in [7, 11) is 0. The molecule has 6 heteroatoms. The van der Waals surface area contributed by atoms with Gasteiger partial charge < -0.3 is 4.74 Å². The molecule has 6 rings (SSSR count). The zero-order chi connectivity index (χ0) is 22.4. The van der Waals surface area contributed by atoms with Gasteiger partial charge >= 0.3 is 6.01 Å². The maximum Gasteiger partial charge on any atom is 0.343 e. The monoisotopic (exact) mass is 432 g/mol. The summed E-state index contributed by atoms with van der Waals surface area (Å²) in [6.07, 6.45) is 0. The standard InChI is InChI=1S/C27H20N4O2/c1-18-8-7-9-19(14-18)17-30-25(32)23-15-20-10-5-6-11-21(20)16-24(23)31-27(30)28-26(29-31)33-22-12-3-2-4-13-22/h2-16H,17H2,1H3. The van der Waals surface area contributed by atoms with Gasteiger partial charge in [0.1, 0.15) is 5.75 Å². The van der Waals surface area contributed by atoms with Crippen molar-refractivity contribution in [3.63, 3.8) is 0 Å². The van der Waals surface area contributed by atoms with Gasteiger partial charge in [0.05, 0.1) is 17.4 Å². The molecule has 6 aromatic rings. The van der Waals surface area contributed by atoms with Gasteiger partial charge in [-0.05, 0) is 47.5 Å². The molecule has 33 heavy (non-hydrogen) atoms. The smallest absolute Gasteiger partial charge is 0.343 e. The average molecular weight is 432 g/mol. The Bertz CT molecular complexity index is 1700. The molecule has 2 heterocycles. The first-order chi connectivity index (χ1) is 16.2. The normalized spacial score (nSPS) is 11.4. The lowest BCUT2D eigenvalue weighted by molar-refractivity contribution is 0.443. The number of rotatable bonds is 4. The SMILES string of the molecule is Cc1cccc(Cn2c(=O)c3cc4ccccc4cc3n3nc(Oc4ccccc4)nc23)c1. The Morgan fingerprint density at radius 3 is 2.39 bits per heavy atom. The molecule has 0 atom stereocenters. The molecule has 0 fully saturated rings. The highest BCUT2D eigenvalue weighted by atomic mass is 16.5. The minimum Gasteiger partial charge on any atom is -0.423 e. The Kier molecular flexibility index (Phi) is 4.43. The molecule has 160 valence electrons. The van der Waals surface area contributed by atoms with E-state index in [9.17, 15) is 4.79 Å². The highest BCUT2D eigenvalue weighted by molar-refractivity contribution is 5.96. The number of hydrogen-bond donors (Lipinski definition) is 0. The van der Waals surface area contributed by atoms with E-state index in [0.29, 0.717) is 29.0 Å². The molecule has 0 unspecified atom stereocenters. The molecule has 0 aliphatic heterocycles. The van der Waals surface area contributed by atoms with Crippen LogP contribution >= 0.6 is 0 Å². The van der Waals surface area contributed by atoms with Gasteiger partial charge in [0.25, 0.3) is 5.56 Å². The summed E-state index contributed by atoms with van der Waals surface area (Å²) in [4.78, 5) is 18.3. The van der Waals surface area contributed by atoms with Crippen LogP contribution in [0.1, 0.15) is 11.1 Å². The third-order valence-corrected chi connectivity index (χ3v) is 5.76. The fourth-order valence-corrected chi connectivity index (χ4v) is 4.21. The predicted octanol–water partition coefficient (Wildman–Crippen LogP) is 5.35. The van der Waals surface area contributed by atoms with Crippen LogP contribution in [0.2, 0.25) is 0 Å². The van der Waals surface area contributed by atoms with Crippen molar-refractivity contribution in [3.8, 4) is 11.8 Å². The fraction of sp³-hybridized carbons (Fsp3) is 0.0741. The van der Waals surface area contributed by atoms with E-state index < -0.39 is 0 Å². The van der Waals surface area contributed by atoms with Crippen LogP contribution in [-0.4, -0.2) is 19.2 Å². The van der Waals surface area contributed by atoms with E-state index in [2.05, 4.69) is 16.1 Å². The molecule has 0 aliphatic carbocycles. The minimum atomic E-state index is -0.108. The van der Waals surface area contributed by atoms with Crippen molar-refractivity contribution in [2.75, 3.05) is 0 Å². The summed E-state index contributed by atoms with van der Waals surface area (Å²) in [5.74, 6) is 1.07. The summed E-state index contributed by atoms with van der Waals surface area (Å²) >= 11 is 0. The number of aromatic nitrogens is 4. The van der Waals surface area contributed by atoms with E-state index in [1.165, 1.54) is 0 Å². The summed E-state index contributed by atoms with van der Waals surface area (Å²) < 4.78 is 9.27. The topological polar surface area (TPSA) is 61.4 Å². The van der Waals surface area contributed by atoms with Gasteiger partial charge in [0, 0.05) is 0 Å². The van der Waals surface area contributed by atoms with Crippen LogP contribution in [-0.2, 0) is 6.54 Å². The van der Waals surface area contributed by atoms with Gasteiger partial charge in [0.2, 0.25) is 5.78 Å². The fourth-order valence-electron chi connectivity index (χ4n) is 4.21. The minimum absolute atomic E-state index is 0.108. The van der Waals surface area contributed by atoms with Crippen molar-refractivity contribution in [1.82, 2.24) is 19.2 Å². The van der Waals surface area contributed by atoms with Crippen LogP contribution in [0.4, 0.5) is 0 Å². The van der Waals surface area contributed by atoms with Crippen LogP contribution in [0, 0.1) is 6.92 Å². The zero-order valence-corrected chi connectivity index (χ0v) is 18.0. The van der Waals surface area contributed by atoms with E-state index in [1.54, 1.807) is 9.08 Å². The van der Waals surface area contributed by atoms with Crippen LogP contribution in [0.5, 0.6) is 11.8 Å². The Hall–Kier alpha value is -4.45. The number of para-hydroxylation sites is 1. The first-order valence-corrected chi connectivity index (χ1v) is 10.8. The van der Waals surface area contributed by atoms with Gasteiger partial charge in [-0.25, -0.2) is 0 Å². The van der Waals surface area contributed by atoms with Gasteiger partial charge in [-0.15, -0.1) is 5.10 Å². The largest absolute Gasteiger partial charge is 0.423 e. The van der Waals surface area contributed by atoms with Crippen LogP contribution in [0.15, 0.2) is 95.8 Å². The molecule has 0 aliphatic rings. The molecular formula is C27H20N4O2. The summed E-state index contributed by atoms with van der Waals surface area (Å²) in [6.45, 7) is 2.42. The lowest BCUT2D eigenvalue weighted by Crippen LogP contribution is -2.24. The van der Waals surface area contributed by atoms with E-state index >= 15 is 0 Å². The lowest BCUT2D eigenvalue weighted by atomic mass is 10.1. The molecule has 0 bridgehead atoms. The molecule has 6 nitrogen and oxygen atoms in total. The highest BCUT2D eigenvalue weighted by Gasteiger charge is 2.17. The molecule has 0 amide bonds. The van der Waals surface area contributed by atoms with Crippen LogP contribution < -0.4 is 10.3 Å². The van der Waals surface area contributed by atoms with E-state index in [-0.39, 0.29) is 11.6 Å². The Labute approximate surface area is 189 Å². The number of nitrogens with zero attached hydrogens (tertiary/aromatic N) is 4. The molecule has 0 N–H and O–H groups in total. The third-order valence-electron chi connectivity index (χ3n) is 5.76. The number of ether oxygens (including phenoxy) is 1. The van der Waals surface area contributed by atoms with Crippen molar-refractivity contribution >= 4 is 27.5 Å². The van der Waals surface area contributed by atoms with Gasteiger partial charge in [0.15, 0.2) is 0 Å². The Morgan fingerprint density at radius 1 is 0.848 bits per heavy atom. The number of benzene rings is 4.